The average molecular weight is 469 g/mol. The SMILES string of the molecule is C[C@@H]1Cc2cn(C)c(-c3ccccc3)c2-c2nc(Nc3ccn(CCN4CCNCC4)n3)ncc21. The van der Waals surface area contributed by atoms with Gasteiger partial charge in [0, 0.05) is 75.6 Å². The third-order valence-corrected chi connectivity index (χ3v) is 7.15. The third-order valence-electron chi connectivity index (χ3n) is 7.15. The number of aromatic nitrogens is 5. The van der Waals surface area contributed by atoms with Crippen LogP contribution in [0.1, 0.15) is 24.0 Å². The molecule has 1 fully saturated rings. The number of rotatable bonds is 6. The maximum Gasteiger partial charge on any atom is 0.228 e. The van der Waals surface area contributed by atoms with E-state index in [1.807, 2.05) is 23.1 Å². The summed E-state index contributed by atoms with van der Waals surface area (Å²) in [5, 5.41) is 11.4. The number of piperazine rings is 1. The minimum Gasteiger partial charge on any atom is -0.350 e. The summed E-state index contributed by atoms with van der Waals surface area (Å²) in [5.41, 5.74) is 7.19. The number of hydrogen-bond donors (Lipinski definition) is 2. The maximum atomic E-state index is 5.03. The molecule has 0 spiro atoms. The predicted octanol–water partition coefficient (Wildman–Crippen LogP) is 3.65. The van der Waals surface area contributed by atoms with Gasteiger partial charge in [0.15, 0.2) is 5.82 Å². The van der Waals surface area contributed by atoms with Crippen LogP contribution in [0.15, 0.2) is 55.0 Å². The fourth-order valence-electron chi connectivity index (χ4n) is 5.35. The molecule has 0 saturated carbocycles. The molecule has 3 aromatic heterocycles. The number of aryl methyl sites for hydroxylation is 1. The van der Waals surface area contributed by atoms with E-state index in [2.05, 4.69) is 75.6 Å². The molecule has 1 aromatic carbocycles. The minimum atomic E-state index is 0.377. The molecule has 8 heteroatoms. The summed E-state index contributed by atoms with van der Waals surface area (Å²) in [6.07, 6.45) is 7.26. The van der Waals surface area contributed by atoms with Gasteiger partial charge in [-0.1, -0.05) is 37.3 Å². The van der Waals surface area contributed by atoms with Crippen LogP contribution in [-0.4, -0.2) is 61.9 Å². The van der Waals surface area contributed by atoms with E-state index in [1.54, 1.807) is 0 Å². The summed E-state index contributed by atoms with van der Waals surface area (Å²) in [4.78, 5) is 12.2. The molecule has 2 aliphatic rings. The first-order valence-corrected chi connectivity index (χ1v) is 12.5. The van der Waals surface area contributed by atoms with Crippen LogP contribution < -0.4 is 10.6 Å². The van der Waals surface area contributed by atoms with Crippen molar-refractivity contribution in [1.82, 2.24) is 34.5 Å². The Morgan fingerprint density at radius 1 is 1.09 bits per heavy atom. The van der Waals surface area contributed by atoms with Gasteiger partial charge in [-0.3, -0.25) is 9.58 Å². The highest BCUT2D eigenvalue weighted by atomic mass is 15.3. The summed E-state index contributed by atoms with van der Waals surface area (Å²) in [5.74, 6) is 1.73. The second-order valence-electron chi connectivity index (χ2n) is 9.64. The Morgan fingerprint density at radius 2 is 1.91 bits per heavy atom. The summed E-state index contributed by atoms with van der Waals surface area (Å²) >= 11 is 0. The van der Waals surface area contributed by atoms with Gasteiger partial charge in [-0.05, 0) is 23.5 Å². The maximum absolute atomic E-state index is 5.03. The summed E-state index contributed by atoms with van der Waals surface area (Å²) in [6.45, 7) is 8.46. The van der Waals surface area contributed by atoms with Crippen LogP contribution in [0.3, 0.4) is 0 Å². The molecule has 1 saturated heterocycles. The Kier molecular flexibility index (Phi) is 5.83. The van der Waals surface area contributed by atoms with E-state index in [4.69, 9.17) is 10.1 Å². The van der Waals surface area contributed by atoms with E-state index in [0.29, 0.717) is 11.9 Å². The monoisotopic (exact) mass is 468 g/mol. The van der Waals surface area contributed by atoms with Gasteiger partial charge in [-0.2, -0.15) is 5.10 Å². The van der Waals surface area contributed by atoms with Gasteiger partial charge in [-0.25, -0.2) is 9.97 Å². The van der Waals surface area contributed by atoms with E-state index in [9.17, 15) is 0 Å². The molecule has 35 heavy (non-hydrogen) atoms. The Labute approximate surface area is 206 Å². The first kappa shape index (κ1) is 22.0. The van der Waals surface area contributed by atoms with Crippen LogP contribution >= 0.6 is 0 Å². The lowest BCUT2D eigenvalue weighted by molar-refractivity contribution is 0.229. The van der Waals surface area contributed by atoms with Gasteiger partial charge >= 0.3 is 0 Å². The zero-order valence-corrected chi connectivity index (χ0v) is 20.4. The highest BCUT2D eigenvalue weighted by molar-refractivity contribution is 5.86. The van der Waals surface area contributed by atoms with Crippen LogP contribution in [-0.2, 0) is 20.0 Å². The smallest absolute Gasteiger partial charge is 0.228 e. The zero-order chi connectivity index (χ0) is 23.8. The van der Waals surface area contributed by atoms with E-state index in [-0.39, 0.29) is 0 Å². The standard InChI is InChI=1S/C27H32N8/c1-19-16-21-18-33(2)26(20-6-4-3-5-7-20)24(21)25-22(19)17-29-27(31-25)30-23-8-11-35(32-23)15-14-34-12-9-28-10-13-34/h3-8,11,17-19,28H,9-10,12-16H2,1-2H3,(H,29,30,31,32)/t19-/m1/s1. The quantitative estimate of drug-likeness (QED) is 0.450. The van der Waals surface area contributed by atoms with Gasteiger partial charge in [0.05, 0.1) is 17.9 Å². The molecule has 0 bridgehead atoms. The third kappa shape index (κ3) is 4.35. The average Bonchev–Trinajstić information content (AvgIpc) is 3.47. The lowest BCUT2D eigenvalue weighted by Gasteiger charge is -2.26. The molecule has 1 aliphatic carbocycles. The molecule has 4 heterocycles. The predicted molar refractivity (Wildman–Crippen MR) is 139 cm³/mol. The van der Waals surface area contributed by atoms with Gasteiger partial charge in [0.2, 0.25) is 5.95 Å². The van der Waals surface area contributed by atoms with E-state index in [1.165, 1.54) is 27.9 Å². The molecule has 0 radical (unpaired) electrons. The summed E-state index contributed by atoms with van der Waals surface area (Å²) in [7, 11) is 2.12. The Balaban J connectivity index is 1.26. The molecule has 180 valence electrons. The summed E-state index contributed by atoms with van der Waals surface area (Å²) < 4.78 is 4.23. The second-order valence-corrected chi connectivity index (χ2v) is 9.64. The van der Waals surface area contributed by atoms with Crippen LogP contribution in [0.5, 0.6) is 0 Å². The minimum absolute atomic E-state index is 0.377. The Morgan fingerprint density at radius 3 is 2.74 bits per heavy atom. The molecule has 0 unspecified atom stereocenters. The number of benzene rings is 1. The highest BCUT2D eigenvalue weighted by Gasteiger charge is 2.29. The van der Waals surface area contributed by atoms with E-state index >= 15 is 0 Å². The van der Waals surface area contributed by atoms with Crippen molar-refractivity contribution < 1.29 is 0 Å². The number of nitrogens with zero attached hydrogens (tertiary/aromatic N) is 6. The second kappa shape index (κ2) is 9.28. The zero-order valence-electron chi connectivity index (χ0n) is 20.4. The van der Waals surface area contributed by atoms with Crippen molar-refractivity contribution >= 4 is 11.8 Å². The van der Waals surface area contributed by atoms with Crippen molar-refractivity contribution in [2.45, 2.75) is 25.8 Å². The first-order valence-electron chi connectivity index (χ1n) is 12.5. The fourth-order valence-corrected chi connectivity index (χ4v) is 5.35. The Bertz CT molecular complexity index is 1320. The van der Waals surface area contributed by atoms with Crippen molar-refractivity contribution in [3.63, 3.8) is 0 Å². The number of anilines is 2. The van der Waals surface area contributed by atoms with Crippen molar-refractivity contribution in [2.75, 3.05) is 38.0 Å². The van der Waals surface area contributed by atoms with Crippen LogP contribution in [0.2, 0.25) is 0 Å². The van der Waals surface area contributed by atoms with Crippen LogP contribution in [0, 0.1) is 0 Å². The molecule has 6 rings (SSSR count). The van der Waals surface area contributed by atoms with E-state index in [0.717, 1.165) is 57.2 Å². The van der Waals surface area contributed by atoms with Gasteiger partial charge in [0.1, 0.15) is 0 Å². The molecule has 0 amide bonds. The number of nitrogens with one attached hydrogen (secondary N) is 2. The van der Waals surface area contributed by atoms with Crippen molar-refractivity contribution in [2.24, 2.45) is 7.05 Å². The lowest BCUT2D eigenvalue weighted by Crippen LogP contribution is -2.44. The Hall–Kier alpha value is -3.49. The normalized spacial score (nSPS) is 17.7. The first-order chi connectivity index (χ1) is 17.2. The van der Waals surface area contributed by atoms with E-state index < -0.39 is 0 Å². The van der Waals surface area contributed by atoms with Gasteiger partial charge < -0.3 is 15.2 Å². The molecule has 4 aromatic rings. The van der Waals surface area contributed by atoms with Crippen molar-refractivity contribution in [3.8, 4) is 22.5 Å². The lowest BCUT2D eigenvalue weighted by atomic mass is 9.83. The number of fused-ring (bicyclic) bond motifs is 3. The molecule has 1 atom stereocenters. The van der Waals surface area contributed by atoms with Gasteiger partial charge in [0.25, 0.3) is 0 Å². The highest BCUT2D eigenvalue weighted by Crippen LogP contribution is 2.44. The summed E-state index contributed by atoms with van der Waals surface area (Å²) in [6, 6.07) is 12.6. The molecule has 2 N–H and O–H groups in total. The van der Waals surface area contributed by atoms with Crippen molar-refractivity contribution in [3.05, 3.63) is 66.1 Å². The van der Waals surface area contributed by atoms with Crippen LogP contribution in [0.4, 0.5) is 11.8 Å². The number of hydrogen-bond acceptors (Lipinski definition) is 6. The molecular formula is C27H32N8. The van der Waals surface area contributed by atoms with Crippen molar-refractivity contribution in [1.29, 1.82) is 0 Å². The van der Waals surface area contributed by atoms with Crippen LogP contribution in [0.25, 0.3) is 22.5 Å². The topological polar surface area (TPSA) is 75.8 Å². The largest absolute Gasteiger partial charge is 0.350 e. The molecule has 8 nitrogen and oxygen atoms in total. The molecule has 1 aliphatic heterocycles. The van der Waals surface area contributed by atoms with Gasteiger partial charge in [-0.15, -0.1) is 0 Å². The molecular weight excluding hydrogens is 436 g/mol. The fraction of sp³-hybridized carbons (Fsp3) is 0.370.